The van der Waals surface area contributed by atoms with E-state index >= 15 is 0 Å². The molecule has 4 heteroatoms. The summed E-state index contributed by atoms with van der Waals surface area (Å²) in [5, 5.41) is 0. The Labute approximate surface area is 103 Å². The van der Waals surface area contributed by atoms with Crippen molar-refractivity contribution in [3.63, 3.8) is 0 Å². The van der Waals surface area contributed by atoms with Crippen molar-refractivity contribution in [2.24, 2.45) is 0 Å². The van der Waals surface area contributed by atoms with Crippen LogP contribution in [0.25, 0.3) is 11.1 Å². The quantitative estimate of drug-likeness (QED) is 0.866. The van der Waals surface area contributed by atoms with Gasteiger partial charge in [0.15, 0.2) is 11.5 Å². The SMILES string of the molecule is COCCc1nc2c(C)c(Br)cc(C)c2o1. The Morgan fingerprint density at radius 3 is 2.88 bits per heavy atom. The van der Waals surface area contributed by atoms with Gasteiger partial charge in [-0.05, 0) is 31.0 Å². The molecule has 0 radical (unpaired) electrons. The summed E-state index contributed by atoms with van der Waals surface area (Å²) in [6.07, 6.45) is 0.710. The number of ether oxygens (including phenoxy) is 1. The number of rotatable bonds is 3. The van der Waals surface area contributed by atoms with E-state index in [1.165, 1.54) is 0 Å². The minimum Gasteiger partial charge on any atom is -0.440 e. The van der Waals surface area contributed by atoms with Gasteiger partial charge in [0.1, 0.15) is 5.52 Å². The molecule has 0 atom stereocenters. The van der Waals surface area contributed by atoms with Crippen LogP contribution in [0.5, 0.6) is 0 Å². The molecule has 1 aromatic carbocycles. The standard InChI is InChI=1S/C12H14BrNO2/c1-7-6-9(13)8(2)11-12(7)16-10(14-11)4-5-15-3/h6H,4-5H2,1-3H3. The fourth-order valence-corrected chi connectivity index (χ4v) is 2.19. The van der Waals surface area contributed by atoms with Crippen molar-refractivity contribution in [3.05, 3.63) is 27.6 Å². The maximum absolute atomic E-state index is 5.72. The number of aromatic nitrogens is 1. The molecule has 0 aliphatic rings. The first-order chi connectivity index (χ1) is 7.63. The smallest absolute Gasteiger partial charge is 0.197 e. The molecule has 0 spiro atoms. The van der Waals surface area contributed by atoms with E-state index in [9.17, 15) is 0 Å². The largest absolute Gasteiger partial charge is 0.440 e. The minimum absolute atomic E-state index is 0.631. The van der Waals surface area contributed by atoms with Crippen LogP contribution in [-0.4, -0.2) is 18.7 Å². The van der Waals surface area contributed by atoms with Crippen molar-refractivity contribution in [3.8, 4) is 0 Å². The molecular weight excluding hydrogens is 270 g/mol. The predicted octanol–water partition coefficient (Wildman–Crippen LogP) is 3.40. The highest BCUT2D eigenvalue weighted by atomic mass is 79.9. The van der Waals surface area contributed by atoms with Gasteiger partial charge in [-0.1, -0.05) is 15.9 Å². The van der Waals surface area contributed by atoms with Crippen LogP contribution >= 0.6 is 15.9 Å². The summed E-state index contributed by atoms with van der Waals surface area (Å²) < 4.78 is 11.8. The third-order valence-electron chi connectivity index (χ3n) is 2.61. The number of halogens is 1. The van der Waals surface area contributed by atoms with E-state index in [1.54, 1.807) is 7.11 Å². The van der Waals surface area contributed by atoms with Crippen LogP contribution < -0.4 is 0 Å². The Hall–Kier alpha value is -0.870. The number of aryl methyl sites for hydroxylation is 2. The second kappa shape index (κ2) is 4.55. The molecular formula is C12H14BrNO2. The lowest BCUT2D eigenvalue weighted by molar-refractivity contribution is 0.196. The molecule has 0 saturated heterocycles. The zero-order valence-electron chi connectivity index (χ0n) is 9.63. The van der Waals surface area contributed by atoms with E-state index < -0.39 is 0 Å². The van der Waals surface area contributed by atoms with E-state index in [1.807, 2.05) is 13.8 Å². The fourth-order valence-electron chi connectivity index (χ4n) is 1.66. The maximum atomic E-state index is 5.72. The highest BCUT2D eigenvalue weighted by molar-refractivity contribution is 9.10. The van der Waals surface area contributed by atoms with Crippen LogP contribution in [0.1, 0.15) is 17.0 Å². The van der Waals surface area contributed by atoms with Gasteiger partial charge in [-0.15, -0.1) is 0 Å². The summed E-state index contributed by atoms with van der Waals surface area (Å²) in [5.74, 6) is 0.737. The van der Waals surface area contributed by atoms with Crippen LogP contribution in [-0.2, 0) is 11.2 Å². The highest BCUT2D eigenvalue weighted by Crippen LogP contribution is 2.29. The molecule has 0 bridgehead atoms. The van der Waals surface area contributed by atoms with Crippen LogP contribution in [0.15, 0.2) is 15.0 Å². The molecule has 0 aliphatic heterocycles. The van der Waals surface area contributed by atoms with Gasteiger partial charge in [0.2, 0.25) is 0 Å². The average molecular weight is 284 g/mol. The number of hydrogen-bond donors (Lipinski definition) is 0. The number of methoxy groups -OCH3 is 1. The lowest BCUT2D eigenvalue weighted by Gasteiger charge is -2.00. The van der Waals surface area contributed by atoms with Gasteiger partial charge in [-0.25, -0.2) is 4.98 Å². The molecule has 86 valence electrons. The van der Waals surface area contributed by atoms with Gasteiger partial charge in [-0.3, -0.25) is 0 Å². The summed E-state index contributed by atoms with van der Waals surface area (Å²) in [5.41, 5.74) is 4.04. The fraction of sp³-hybridized carbons (Fsp3) is 0.417. The van der Waals surface area contributed by atoms with E-state index in [2.05, 4.69) is 27.0 Å². The Morgan fingerprint density at radius 2 is 2.19 bits per heavy atom. The van der Waals surface area contributed by atoms with E-state index in [4.69, 9.17) is 9.15 Å². The number of nitrogens with zero attached hydrogens (tertiary/aromatic N) is 1. The second-order valence-corrected chi connectivity index (χ2v) is 4.68. The maximum Gasteiger partial charge on any atom is 0.197 e. The molecule has 0 aliphatic carbocycles. The summed E-state index contributed by atoms with van der Waals surface area (Å²) >= 11 is 3.52. The normalized spacial score (nSPS) is 11.2. The summed E-state index contributed by atoms with van der Waals surface area (Å²) in [6, 6.07) is 2.06. The van der Waals surface area contributed by atoms with Gasteiger partial charge in [-0.2, -0.15) is 0 Å². The molecule has 0 fully saturated rings. The van der Waals surface area contributed by atoms with E-state index in [-0.39, 0.29) is 0 Å². The first-order valence-corrected chi connectivity index (χ1v) is 5.97. The number of oxazole rings is 1. The van der Waals surface area contributed by atoms with Crippen LogP contribution in [0.2, 0.25) is 0 Å². The first-order valence-electron chi connectivity index (χ1n) is 5.17. The third-order valence-corrected chi connectivity index (χ3v) is 3.43. The molecule has 1 aromatic heterocycles. The lowest BCUT2D eigenvalue weighted by Crippen LogP contribution is -1.93. The average Bonchev–Trinajstić information content (AvgIpc) is 2.68. The van der Waals surface area contributed by atoms with Gasteiger partial charge in [0.05, 0.1) is 6.61 Å². The summed E-state index contributed by atoms with van der Waals surface area (Å²) in [6.45, 7) is 4.69. The number of hydrogen-bond acceptors (Lipinski definition) is 3. The van der Waals surface area contributed by atoms with Gasteiger partial charge in [0, 0.05) is 18.0 Å². The Bertz CT molecular complexity index is 519. The molecule has 0 unspecified atom stereocenters. The molecule has 0 saturated carbocycles. The summed E-state index contributed by atoms with van der Waals surface area (Å²) in [7, 11) is 1.68. The predicted molar refractivity (Wildman–Crippen MR) is 66.8 cm³/mol. The van der Waals surface area contributed by atoms with Gasteiger partial charge in [0.25, 0.3) is 0 Å². The van der Waals surface area contributed by atoms with Crippen LogP contribution in [0.4, 0.5) is 0 Å². The van der Waals surface area contributed by atoms with Gasteiger partial charge < -0.3 is 9.15 Å². The third kappa shape index (κ3) is 1.99. The number of fused-ring (bicyclic) bond motifs is 1. The molecule has 2 aromatic rings. The second-order valence-electron chi connectivity index (χ2n) is 3.83. The van der Waals surface area contributed by atoms with Crippen molar-refractivity contribution >= 4 is 27.0 Å². The highest BCUT2D eigenvalue weighted by Gasteiger charge is 2.12. The topological polar surface area (TPSA) is 35.3 Å². The molecule has 0 N–H and O–H groups in total. The molecule has 3 nitrogen and oxygen atoms in total. The van der Waals surface area contributed by atoms with E-state index in [0.29, 0.717) is 13.0 Å². The Kier molecular flexibility index (Phi) is 3.30. The Morgan fingerprint density at radius 1 is 1.44 bits per heavy atom. The molecule has 16 heavy (non-hydrogen) atoms. The molecule has 2 rings (SSSR count). The van der Waals surface area contributed by atoms with Crippen LogP contribution in [0.3, 0.4) is 0 Å². The Balaban J connectivity index is 2.52. The molecule has 0 amide bonds. The van der Waals surface area contributed by atoms with Crippen molar-refractivity contribution in [2.45, 2.75) is 20.3 Å². The molecule has 1 heterocycles. The zero-order valence-corrected chi connectivity index (χ0v) is 11.2. The van der Waals surface area contributed by atoms with E-state index in [0.717, 1.165) is 32.6 Å². The van der Waals surface area contributed by atoms with Gasteiger partial charge >= 0.3 is 0 Å². The zero-order chi connectivity index (χ0) is 11.7. The van der Waals surface area contributed by atoms with Crippen molar-refractivity contribution in [2.75, 3.05) is 13.7 Å². The van der Waals surface area contributed by atoms with Crippen LogP contribution in [0, 0.1) is 13.8 Å². The van der Waals surface area contributed by atoms with Crippen molar-refractivity contribution in [1.29, 1.82) is 0 Å². The lowest BCUT2D eigenvalue weighted by atomic mass is 10.1. The number of benzene rings is 1. The van der Waals surface area contributed by atoms with Crippen molar-refractivity contribution in [1.82, 2.24) is 4.98 Å². The van der Waals surface area contributed by atoms with Crippen molar-refractivity contribution < 1.29 is 9.15 Å². The summed E-state index contributed by atoms with van der Waals surface area (Å²) in [4.78, 5) is 4.49. The minimum atomic E-state index is 0.631. The first kappa shape index (κ1) is 11.6. The monoisotopic (exact) mass is 283 g/mol.